The number of halogens is 1. The normalized spacial score (nSPS) is 9.40. The largest absolute Gasteiger partial charge is 0.413 e. The number of carbonyl (C=O) groups is 1. The van der Waals surface area contributed by atoms with Gasteiger partial charge in [-0.3, -0.25) is 0 Å². The van der Waals surface area contributed by atoms with Gasteiger partial charge in [-0.15, -0.1) is 11.3 Å². The van der Waals surface area contributed by atoms with Crippen molar-refractivity contribution in [3.05, 3.63) is 16.3 Å². The highest BCUT2D eigenvalue weighted by molar-refractivity contribution is 7.10. The summed E-state index contributed by atoms with van der Waals surface area (Å²) < 4.78 is 4.62. The molecule has 0 bridgehead atoms. The summed E-state index contributed by atoms with van der Waals surface area (Å²) in [6.07, 6.45) is 0. The van der Waals surface area contributed by atoms with Crippen molar-refractivity contribution in [2.24, 2.45) is 0 Å². The molecule has 4 heteroatoms. The van der Waals surface area contributed by atoms with Gasteiger partial charge in [0.05, 0.1) is 0 Å². The molecule has 0 aromatic carbocycles. The lowest BCUT2D eigenvalue weighted by atomic mass is 10.5. The average Bonchev–Trinajstić information content (AvgIpc) is 2.15. The summed E-state index contributed by atoms with van der Waals surface area (Å²) >= 11 is 6.50. The quantitative estimate of drug-likeness (QED) is 0.615. The summed E-state index contributed by atoms with van der Waals surface area (Å²) in [5.74, 6) is 0.546. The minimum atomic E-state index is -0.790. The Morgan fingerprint density at radius 2 is 2.50 bits per heavy atom. The molecule has 0 spiro atoms. The van der Waals surface area contributed by atoms with Gasteiger partial charge in [0.2, 0.25) is 0 Å². The Bertz CT molecular complexity index is 244. The molecule has 0 unspecified atom stereocenters. The zero-order valence-electron chi connectivity index (χ0n) is 5.26. The molecule has 1 rings (SSSR count). The van der Waals surface area contributed by atoms with Crippen molar-refractivity contribution in [2.75, 3.05) is 0 Å². The zero-order chi connectivity index (χ0) is 7.56. The Balaban J connectivity index is 2.74. The summed E-state index contributed by atoms with van der Waals surface area (Å²) in [6, 6.07) is 1.71. The number of thiophene rings is 1. The monoisotopic (exact) mass is 176 g/mol. The van der Waals surface area contributed by atoms with Crippen molar-refractivity contribution >= 4 is 28.4 Å². The van der Waals surface area contributed by atoms with Gasteiger partial charge in [-0.25, -0.2) is 4.79 Å². The van der Waals surface area contributed by atoms with Crippen LogP contribution in [0.1, 0.15) is 4.88 Å². The third-order valence-corrected chi connectivity index (χ3v) is 1.91. The third kappa shape index (κ3) is 1.72. The van der Waals surface area contributed by atoms with Crippen molar-refractivity contribution in [3.8, 4) is 5.75 Å². The molecule has 0 saturated heterocycles. The number of rotatable bonds is 1. The van der Waals surface area contributed by atoms with Gasteiger partial charge in [-0.2, -0.15) is 0 Å². The average molecular weight is 177 g/mol. The van der Waals surface area contributed by atoms with Gasteiger partial charge in [-0.05, 0) is 18.4 Å². The minimum Gasteiger partial charge on any atom is -0.413 e. The summed E-state index contributed by atoms with van der Waals surface area (Å²) in [5.41, 5.74) is -0.790. The molecule has 0 aliphatic carbocycles. The fraction of sp³-hybridized carbons (Fsp3) is 0.167. The van der Waals surface area contributed by atoms with Gasteiger partial charge in [0.15, 0.2) is 0 Å². The van der Waals surface area contributed by atoms with Crippen LogP contribution >= 0.6 is 22.9 Å². The first kappa shape index (κ1) is 7.57. The summed E-state index contributed by atoms with van der Waals surface area (Å²) in [4.78, 5) is 11.2. The van der Waals surface area contributed by atoms with E-state index in [-0.39, 0.29) is 0 Å². The van der Waals surface area contributed by atoms with E-state index in [0.717, 1.165) is 4.88 Å². The highest BCUT2D eigenvalue weighted by Crippen LogP contribution is 2.23. The fourth-order valence-corrected chi connectivity index (χ4v) is 1.27. The number of hydrogen-bond acceptors (Lipinski definition) is 3. The molecule has 0 N–H and O–H groups in total. The smallest absolute Gasteiger partial charge is 0.409 e. The molecule has 0 aliphatic rings. The van der Waals surface area contributed by atoms with Gasteiger partial charge < -0.3 is 4.74 Å². The molecule has 1 aromatic rings. The lowest BCUT2D eigenvalue weighted by Gasteiger charge is -1.94. The van der Waals surface area contributed by atoms with E-state index in [4.69, 9.17) is 11.6 Å². The first-order chi connectivity index (χ1) is 4.70. The Morgan fingerprint density at radius 3 is 2.90 bits per heavy atom. The Morgan fingerprint density at radius 1 is 1.80 bits per heavy atom. The maximum Gasteiger partial charge on any atom is 0.409 e. The molecule has 54 valence electrons. The van der Waals surface area contributed by atoms with Crippen LogP contribution in [0.4, 0.5) is 4.79 Å². The molecule has 2 nitrogen and oxygen atoms in total. The second-order valence-electron chi connectivity index (χ2n) is 1.68. The van der Waals surface area contributed by atoms with Crippen molar-refractivity contribution in [3.63, 3.8) is 0 Å². The van der Waals surface area contributed by atoms with Crippen molar-refractivity contribution in [1.82, 2.24) is 0 Å². The first-order valence-electron chi connectivity index (χ1n) is 2.61. The van der Waals surface area contributed by atoms with Gasteiger partial charge >= 0.3 is 5.43 Å². The van der Waals surface area contributed by atoms with Gasteiger partial charge in [0, 0.05) is 16.5 Å². The molecule has 0 fully saturated rings. The lowest BCUT2D eigenvalue weighted by Crippen LogP contribution is -1.95. The fourth-order valence-electron chi connectivity index (χ4n) is 0.566. The highest BCUT2D eigenvalue weighted by Gasteiger charge is 2.03. The van der Waals surface area contributed by atoms with E-state index < -0.39 is 5.43 Å². The van der Waals surface area contributed by atoms with Crippen LogP contribution in [0.15, 0.2) is 11.4 Å². The van der Waals surface area contributed by atoms with Crippen LogP contribution in [0.3, 0.4) is 0 Å². The van der Waals surface area contributed by atoms with Crippen LogP contribution in [0, 0.1) is 6.92 Å². The van der Waals surface area contributed by atoms with Gasteiger partial charge in [0.1, 0.15) is 5.75 Å². The van der Waals surface area contributed by atoms with Crippen molar-refractivity contribution in [1.29, 1.82) is 0 Å². The second kappa shape index (κ2) is 3.03. The standard InChI is InChI=1S/C6H5ClO2S/c1-4-5(2-3-10-4)9-6(7)8/h2-3H,1H3. The predicted molar refractivity (Wildman–Crippen MR) is 40.9 cm³/mol. The molecule has 0 amide bonds. The predicted octanol–water partition coefficient (Wildman–Crippen LogP) is 2.79. The number of aryl methyl sites for hydroxylation is 1. The zero-order valence-corrected chi connectivity index (χ0v) is 6.83. The molecule has 0 aliphatic heterocycles. The molecular formula is C6H5ClO2S. The van der Waals surface area contributed by atoms with E-state index >= 15 is 0 Å². The van der Waals surface area contributed by atoms with Crippen molar-refractivity contribution in [2.45, 2.75) is 6.92 Å². The topological polar surface area (TPSA) is 26.3 Å². The van der Waals surface area contributed by atoms with E-state index in [9.17, 15) is 4.79 Å². The Hall–Kier alpha value is -0.540. The third-order valence-electron chi connectivity index (χ3n) is 1.00. The molecule has 1 aromatic heterocycles. The van der Waals surface area contributed by atoms with Crippen LogP contribution in [0.25, 0.3) is 0 Å². The second-order valence-corrected chi connectivity index (χ2v) is 3.11. The molecule has 1 heterocycles. The molecule has 0 atom stereocenters. The highest BCUT2D eigenvalue weighted by atomic mass is 35.5. The van der Waals surface area contributed by atoms with E-state index in [2.05, 4.69) is 4.74 Å². The van der Waals surface area contributed by atoms with Crippen LogP contribution in [0.5, 0.6) is 5.75 Å². The van der Waals surface area contributed by atoms with E-state index in [1.807, 2.05) is 12.3 Å². The summed E-state index contributed by atoms with van der Waals surface area (Å²) in [5, 5.41) is 1.84. The minimum absolute atomic E-state index is 0.546. The lowest BCUT2D eigenvalue weighted by molar-refractivity contribution is 0.225. The molecular weight excluding hydrogens is 172 g/mol. The van der Waals surface area contributed by atoms with Crippen molar-refractivity contribution < 1.29 is 9.53 Å². The van der Waals surface area contributed by atoms with Crippen LogP contribution < -0.4 is 4.74 Å². The molecule has 0 radical (unpaired) electrons. The molecule has 10 heavy (non-hydrogen) atoms. The number of carbonyl (C=O) groups excluding carboxylic acids is 1. The number of ether oxygens (including phenoxy) is 1. The first-order valence-corrected chi connectivity index (χ1v) is 3.87. The summed E-state index contributed by atoms with van der Waals surface area (Å²) in [7, 11) is 0. The number of hydrogen-bond donors (Lipinski definition) is 0. The Kier molecular flexibility index (Phi) is 2.29. The van der Waals surface area contributed by atoms with E-state index in [1.54, 1.807) is 6.07 Å². The SMILES string of the molecule is Cc1sccc1OC(=O)Cl. The Labute approximate surface area is 67.4 Å². The van der Waals surface area contributed by atoms with Crippen LogP contribution in [-0.2, 0) is 0 Å². The van der Waals surface area contributed by atoms with Gasteiger partial charge in [-0.1, -0.05) is 0 Å². The van der Waals surface area contributed by atoms with Gasteiger partial charge in [0.25, 0.3) is 0 Å². The van der Waals surface area contributed by atoms with E-state index in [1.165, 1.54) is 11.3 Å². The summed E-state index contributed by atoms with van der Waals surface area (Å²) in [6.45, 7) is 1.86. The van der Waals surface area contributed by atoms with Crippen LogP contribution in [-0.4, -0.2) is 5.43 Å². The maximum atomic E-state index is 10.2. The molecule has 0 saturated carbocycles. The maximum absolute atomic E-state index is 10.2. The van der Waals surface area contributed by atoms with Crippen LogP contribution in [0.2, 0.25) is 0 Å². The van der Waals surface area contributed by atoms with E-state index in [0.29, 0.717) is 5.75 Å².